The number of primary amides is 1. The molecule has 99 heavy (non-hydrogen) atoms. The molecule has 34 heteroatoms. The van der Waals surface area contributed by atoms with Gasteiger partial charge in [0.15, 0.2) is 29.9 Å². The molecule has 20 N–H and O–H groups in total. The van der Waals surface area contributed by atoms with Gasteiger partial charge in [-0.15, -0.1) is 0 Å². The third kappa shape index (κ3) is 15.7. The van der Waals surface area contributed by atoms with Crippen molar-refractivity contribution in [3.8, 4) is 57.1 Å². The molecule has 5 aromatic rings. The molecule has 2 saturated heterocycles. The molecule has 7 aliphatic heterocycles. The van der Waals surface area contributed by atoms with Crippen molar-refractivity contribution in [1.29, 1.82) is 0 Å². The Morgan fingerprint density at radius 1 is 0.687 bits per heavy atom. The van der Waals surface area contributed by atoms with Crippen molar-refractivity contribution in [3.05, 3.63) is 117 Å². The second-order valence-corrected chi connectivity index (χ2v) is 25.6. The Hall–Kier alpha value is -9.16. The summed E-state index contributed by atoms with van der Waals surface area (Å²) in [6, 6.07) is -0.257. The highest BCUT2D eigenvalue weighted by Gasteiger charge is 2.50. The minimum Gasteiger partial charge on any atom is -0.508 e. The van der Waals surface area contributed by atoms with Gasteiger partial charge in [0.05, 0.1) is 34.7 Å². The SMILES string of the molecule is CN[C@H](CC(C)C)C(=O)N[C@H]1C(=O)N[C@@H](CC(N)=O)C(=O)N[C@H]2C(=O)N[C@H]3C(=O)N[C@H](C(=O)N[C@@H](C(=O)O)c4cc(O)cc(O)c4-c4cc3ccc4O)[C@H](O)c3ccc(c(Cl)c3)Oc3cc2cc(c3OC2OC(CN)C(O)C(O)C2OC2CCC(O)C(C)O2)Oc2ccc(cc2Cl)[C@H]1O. The number of phenols is 3. The van der Waals surface area contributed by atoms with Crippen LogP contribution in [0, 0.1) is 5.92 Å². The van der Waals surface area contributed by atoms with Crippen molar-refractivity contribution < 1.29 is 113 Å². The van der Waals surface area contributed by atoms with Gasteiger partial charge in [-0.05, 0) is 110 Å². The third-order valence-electron chi connectivity index (χ3n) is 17.3. The number of amides is 7. The molecule has 7 aliphatic rings. The van der Waals surface area contributed by atoms with Crippen molar-refractivity contribution in [2.24, 2.45) is 17.4 Å². The zero-order valence-electron chi connectivity index (χ0n) is 53.1. The van der Waals surface area contributed by atoms with Gasteiger partial charge in [0.25, 0.3) is 0 Å². The lowest BCUT2D eigenvalue weighted by Crippen LogP contribution is -2.62. The normalized spacial score (nSPS) is 28.3. The maximum atomic E-state index is 16.0. The number of aliphatic hydroxyl groups is 5. The van der Waals surface area contributed by atoms with E-state index < -0.39 is 226 Å². The molecule has 0 spiro atoms. The second-order valence-electron chi connectivity index (χ2n) is 24.8. The highest BCUT2D eigenvalue weighted by molar-refractivity contribution is 6.32. The lowest BCUT2D eigenvalue weighted by atomic mass is 9.89. The number of aliphatic hydroxyl groups excluding tert-OH is 5. The Kier molecular flexibility index (Phi) is 22.1. The van der Waals surface area contributed by atoms with Crippen LogP contribution in [0.3, 0.4) is 0 Å². The van der Waals surface area contributed by atoms with Crippen LogP contribution in [0.5, 0.6) is 46.0 Å². The fourth-order valence-corrected chi connectivity index (χ4v) is 12.6. The first-order chi connectivity index (χ1) is 46.9. The number of likely N-dealkylation sites (N-methyl/N-ethyl adjacent to an activating group) is 1. The van der Waals surface area contributed by atoms with Crippen LogP contribution in [0.1, 0.15) is 105 Å². The molecule has 0 saturated carbocycles. The largest absolute Gasteiger partial charge is 0.508 e. The number of phenolic OH excluding ortho intramolecular Hbond substituents is 3. The summed E-state index contributed by atoms with van der Waals surface area (Å²) >= 11 is 14.1. The van der Waals surface area contributed by atoms with Crippen LogP contribution in [0.2, 0.25) is 10.0 Å². The average Bonchev–Trinajstić information content (AvgIpc) is 0.766. The fraction of sp³-hybridized carbons (Fsp3) is 0.415. The minimum atomic E-state index is -2.31. The first-order valence-corrected chi connectivity index (χ1v) is 31.9. The minimum absolute atomic E-state index is 0.0517. The quantitative estimate of drug-likeness (QED) is 0.0773. The number of carbonyl (C=O) groups excluding carboxylic acids is 7. The average molecular weight is 1420 g/mol. The predicted octanol–water partition coefficient (Wildman–Crippen LogP) is 0.745. The van der Waals surface area contributed by atoms with E-state index in [0.717, 1.165) is 66.7 Å². The Labute approximate surface area is 573 Å². The molecule has 11 bridgehead atoms. The number of benzene rings is 5. The number of nitrogens with one attached hydrogen (secondary N) is 7. The third-order valence-corrected chi connectivity index (χ3v) is 17.9. The first kappa shape index (κ1) is 72.6. The molecule has 0 aliphatic carbocycles. The summed E-state index contributed by atoms with van der Waals surface area (Å²) in [5.74, 6) is -15.6. The van der Waals surface area contributed by atoms with Gasteiger partial charge in [0.1, 0.15) is 89.5 Å². The monoisotopic (exact) mass is 1420 g/mol. The van der Waals surface area contributed by atoms with E-state index in [0.29, 0.717) is 0 Å². The number of carbonyl (C=O) groups is 8. The zero-order chi connectivity index (χ0) is 71.7. The lowest BCUT2D eigenvalue weighted by Gasteiger charge is -2.44. The molecule has 530 valence electrons. The number of hydrogen-bond acceptors (Lipinski definition) is 24. The number of carboxylic acid groups (broad SMARTS) is 1. The Morgan fingerprint density at radius 2 is 1.30 bits per heavy atom. The Morgan fingerprint density at radius 3 is 1.90 bits per heavy atom. The van der Waals surface area contributed by atoms with Crippen LogP contribution >= 0.6 is 23.2 Å². The summed E-state index contributed by atoms with van der Waals surface area (Å²) in [7, 11) is 1.48. The highest BCUT2D eigenvalue weighted by Crippen LogP contribution is 2.50. The molecule has 0 aromatic heterocycles. The maximum Gasteiger partial charge on any atom is 0.330 e. The summed E-state index contributed by atoms with van der Waals surface area (Å²) < 4.78 is 38.4. The summed E-state index contributed by atoms with van der Waals surface area (Å²) in [6.07, 6.45) is -16.4. The van der Waals surface area contributed by atoms with Gasteiger partial charge in [-0.2, -0.15) is 0 Å². The van der Waals surface area contributed by atoms with E-state index in [1.807, 2.05) is 13.8 Å². The van der Waals surface area contributed by atoms with Gasteiger partial charge in [0.2, 0.25) is 53.4 Å². The van der Waals surface area contributed by atoms with Crippen molar-refractivity contribution in [2.75, 3.05) is 13.6 Å². The Bertz CT molecular complexity index is 3980. The van der Waals surface area contributed by atoms with E-state index >= 15 is 14.4 Å². The number of ether oxygens (including phenoxy) is 6. The molecule has 7 amide bonds. The molecule has 32 nitrogen and oxygen atoms in total. The highest BCUT2D eigenvalue weighted by atomic mass is 35.5. The van der Waals surface area contributed by atoms with Crippen molar-refractivity contribution in [1.82, 2.24) is 37.2 Å². The zero-order valence-corrected chi connectivity index (χ0v) is 54.6. The summed E-state index contributed by atoms with van der Waals surface area (Å²) in [4.78, 5) is 117. The predicted molar refractivity (Wildman–Crippen MR) is 343 cm³/mol. The van der Waals surface area contributed by atoms with E-state index in [1.165, 1.54) is 19.2 Å². The number of carboxylic acids is 1. The van der Waals surface area contributed by atoms with E-state index in [-0.39, 0.29) is 58.4 Å². The van der Waals surface area contributed by atoms with Crippen molar-refractivity contribution in [2.45, 2.75) is 150 Å². The fourth-order valence-electron chi connectivity index (χ4n) is 12.1. The van der Waals surface area contributed by atoms with Crippen molar-refractivity contribution >= 4 is 70.5 Å². The van der Waals surface area contributed by atoms with Crippen LogP contribution in [-0.4, -0.2) is 180 Å². The maximum absolute atomic E-state index is 16.0. The molecule has 8 unspecified atom stereocenters. The van der Waals surface area contributed by atoms with Crippen LogP contribution in [0.15, 0.2) is 78.9 Å². The lowest BCUT2D eigenvalue weighted by molar-refractivity contribution is -0.325. The number of aromatic hydroxyl groups is 3. The summed E-state index contributed by atoms with van der Waals surface area (Å²) in [5, 5.41) is 120. The first-order valence-electron chi connectivity index (χ1n) is 31.2. The number of nitrogens with two attached hydrogens (primary N) is 2. The molecule has 2 fully saturated rings. The van der Waals surface area contributed by atoms with Gasteiger partial charge in [-0.3, -0.25) is 33.6 Å². The number of rotatable bonds is 13. The van der Waals surface area contributed by atoms with Crippen LogP contribution < -0.4 is 62.9 Å². The van der Waals surface area contributed by atoms with Crippen molar-refractivity contribution in [3.63, 3.8) is 0 Å². The van der Waals surface area contributed by atoms with Crippen LogP contribution in [-0.2, 0) is 52.6 Å². The van der Waals surface area contributed by atoms with Gasteiger partial charge in [0, 0.05) is 35.7 Å². The molecule has 5 aromatic carbocycles. The van der Waals surface area contributed by atoms with Crippen LogP contribution in [0.4, 0.5) is 0 Å². The van der Waals surface area contributed by atoms with Gasteiger partial charge in [-0.25, -0.2) is 4.79 Å². The van der Waals surface area contributed by atoms with Gasteiger partial charge in [-0.1, -0.05) is 55.2 Å². The molecule has 17 atom stereocenters. The summed E-state index contributed by atoms with van der Waals surface area (Å²) in [5.41, 5.74) is 9.12. The van der Waals surface area contributed by atoms with Gasteiger partial charge < -0.3 is 123 Å². The van der Waals surface area contributed by atoms with E-state index in [4.69, 9.17) is 63.1 Å². The topological polar surface area (TPSA) is 510 Å². The smallest absolute Gasteiger partial charge is 0.330 e. The number of hydrogen-bond donors (Lipinski definition) is 18. The van der Waals surface area contributed by atoms with E-state index in [9.17, 15) is 69.9 Å². The molecular weight excluding hydrogens is 1350 g/mol. The Balaban J connectivity index is 1.24. The van der Waals surface area contributed by atoms with Gasteiger partial charge >= 0.3 is 5.97 Å². The number of aliphatic carboxylic acids is 1. The second kappa shape index (κ2) is 30.1. The van der Waals surface area contributed by atoms with Crippen LogP contribution in [0.25, 0.3) is 11.1 Å². The number of halogens is 2. The van der Waals surface area contributed by atoms with E-state index in [1.54, 1.807) is 6.92 Å². The molecule has 12 rings (SSSR count). The summed E-state index contributed by atoms with van der Waals surface area (Å²) in [6.45, 7) is 4.78. The number of fused-ring (bicyclic) bond motifs is 15. The molecule has 7 heterocycles. The standard InChI is InChI=1S/C65H73Cl2N9O23/c1-23(2)13-34(70-4)58(86)75-50-52(82)26-6-10-39(32(66)15-26)95-41-17-28-18-42(56(41)99-65-57(55(85)54(84)43(22-68)97-65)98-45-12-9-36(78)24(3)94-45)96-40-11-7-27(16-33(40)67)53(83)51-63(91)74-49(64(92)93)31-19-29(77)20-38(80)46(31)30-14-25(5-8-37(30)79)47(60(88)76-51)73-61(89)48(28)72-59(87)35(21-44(69)81)71-62(50)90/h5-8,10-11,14-20,23-24,34-36,43,45,47-55,57,65,70,77-80,82-85H,9,12-13,21-22,68H2,1-4H3,(H2,69,81)(H,71,90)(H,72,87)(H,73,89)(H,74,91)(H,75,86)(H,76,88)(H,92,93)/t24?,34-,35+,36?,43?,45?,47-,48-,49-,50-,51+,52-,53-,54?,55?,57?,65?/m1/s1. The molecular formula is C65H73Cl2N9O23. The molecule has 0 radical (unpaired) electrons. The van der Waals surface area contributed by atoms with E-state index in [2.05, 4.69) is 37.2 Å².